The van der Waals surface area contributed by atoms with Crippen LogP contribution >= 0.6 is 0 Å². The Morgan fingerprint density at radius 1 is 0.912 bits per heavy atom. The Hall–Kier alpha value is -3.12. The molecule has 34 heavy (non-hydrogen) atoms. The molecule has 1 amide bonds. The summed E-state index contributed by atoms with van der Waals surface area (Å²) in [5, 5.41) is 0. The van der Waals surface area contributed by atoms with Gasteiger partial charge in [0.2, 0.25) is 5.91 Å². The van der Waals surface area contributed by atoms with Crippen LogP contribution in [0.1, 0.15) is 29.5 Å². The predicted molar refractivity (Wildman–Crippen MR) is 136 cm³/mol. The van der Waals surface area contributed by atoms with E-state index in [1.54, 1.807) is 36.4 Å². The van der Waals surface area contributed by atoms with Crippen LogP contribution in [0.15, 0.2) is 83.8 Å². The fourth-order valence-corrected chi connectivity index (χ4v) is 6.16. The van der Waals surface area contributed by atoms with Crippen molar-refractivity contribution < 1.29 is 13.2 Å². The lowest BCUT2D eigenvalue weighted by molar-refractivity contribution is -0.130. The number of anilines is 1. The lowest BCUT2D eigenvalue weighted by Crippen LogP contribution is -2.46. The van der Waals surface area contributed by atoms with Crippen molar-refractivity contribution in [2.75, 3.05) is 23.9 Å². The second-order valence-electron chi connectivity index (χ2n) is 9.13. The molecule has 1 saturated heterocycles. The van der Waals surface area contributed by atoms with E-state index in [4.69, 9.17) is 0 Å². The minimum atomic E-state index is -3.89. The molecule has 1 aliphatic heterocycles. The van der Waals surface area contributed by atoms with Crippen LogP contribution in [0.5, 0.6) is 0 Å². The van der Waals surface area contributed by atoms with Gasteiger partial charge in [0.25, 0.3) is 10.0 Å². The van der Waals surface area contributed by atoms with Gasteiger partial charge < -0.3 is 4.90 Å². The standard InChI is InChI=1S/C28H32N2O3S/c1-22-13-14-27(23(2)19-22)30(34(32,33)26-11-7-4-8-12-26)21-28(31)29-17-15-25(16-18-29)20-24-9-5-3-6-10-24/h3-14,19,25H,15-18,20-21H2,1-2H3. The van der Waals surface area contributed by atoms with Crippen molar-refractivity contribution in [1.29, 1.82) is 0 Å². The number of sulfonamides is 1. The van der Waals surface area contributed by atoms with Gasteiger partial charge in [0, 0.05) is 13.1 Å². The lowest BCUT2D eigenvalue weighted by Gasteiger charge is -2.34. The van der Waals surface area contributed by atoms with Gasteiger partial charge in [-0.25, -0.2) is 8.42 Å². The van der Waals surface area contributed by atoms with E-state index in [1.807, 2.05) is 36.9 Å². The predicted octanol–water partition coefficient (Wildman–Crippen LogP) is 4.98. The molecule has 6 heteroatoms. The summed E-state index contributed by atoms with van der Waals surface area (Å²) in [6.45, 7) is 4.96. The van der Waals surface area contributed by atoms with E-state index in [2.05, 4.69) is 24.3 Å². The number of carbonyl (C=O) groups excluding carboxylic acids is 1. The number of amides is 1. The molecule has 5 nitrogen and oxygen atoms in total. The number of piperidine rings is 1. The van der Waals surface area contributed by atoms with Gasteiger partial charge in [0.05, 0.1) is 10.6 Å². The van der Waals surface area contributed by atoms with Gasteiger partial charge in [-0.1, -0.05) is 66.2 Å². The number of hydrogen-bond acceptors (Lipinski definition) is 3. The highest BCUT2D eigenvalue weighted by atomic mass is 32.2. The number of nitrogens with zero attached hydrogens (tertiary/aromatic N) is 2. The molecular weight excluding hydrogens is 444 g/mol. The van der Waals surface area contributed by atoms with Crippen LogP contribution in [0.2, 0.25) is 0 Å². The van der Waals surface area contributed by atoms with E-state index in [9.17, 15) is 13.2 Å². The zero-order valence-corrected chi connectivity index (χ0v) is 20.7. The molecule has 0 aliphatic carbocycles. The Labute approximate surface area is 203 Å². The maximum absolute atomic E-state index is 13.6. The van der Waals surface area contributed by atoms with Crippen molar-refractivity contribution in [3.05, 3.63) is 95.6 Å². The van der Waals surface area contributed by atoms with Crippen LogP contribution in [-0.4, -0.2) is 38.9 Å². The Morgan fingerprint density at radius 3 is 2.15 bits per heavy atom. The van der Waals surface area contributed by atoms with Gasteiger partial charge in [-0.2, -0.15) is 0 Å². The summed E-state index contributed by atoms with van der Waals surface area (Å²) in [7, 11) is -3.89. The highest BCUT2D eigenvalue weighted by molar-refractivity contribution is 7.92. The first-order chi connectivity index (χ1) is 16.3. The fourth-order valence-electron chi connectivity index (χ4n) is 4.66. The molecule has 0 radical (unpaired) electrons. The van der Waals surface area contributed by atoms with Crippen molar-refractivity contribution in [1.82, 2.24) is 4.90 Å². The Bertz CT molecular complexity index is 1220. The van der Waals surface area contributed by atoms with Crippen LogP contribution in [0.25, 0.3) is 0 Å². The molecule has 4 rings (SSSR count). The third-order valence-electron chi connectivity index (χ3n) is 6.57. The summed E-state index contributed by atoms with van der Waals surface area (Å²) in [5.74, 6) is 0.382. The molecule has 3 aromatic carbocycles. The van der Waals surface area contributed by atoms with E-state index in [0.717, 1.165) is 30.4 Å². The molecule has 1 aliphatic rings. The highest BCUT2D eigenvalue weighted by Gasteiger charge is 2.31. The maximum Gasteiger partial charge on any atom is 0.264 e. The second kappa shape index (κ2) is 10.4. The average molecular weight is 477 g/mol. The summed E-state index contributed by atoms with van der Waals surface area (Å²) < 4.78 is 28.5. The topological polar surface area (TPSA) is 57.7 Å². The monoisotopic (exact) mass is 476 g/mol. The maximum atomic E-state index is 13.6. The summed E-state index contributed by atoms with van der Waals surface area (Å²) in [6, 6.07) is 24.4. The zero-order chi connectivity index (χ0) is 24.1. The van der Waals surface area contributed by atoms with Gasteiger partial charge >= 0.3 is 0 Å². The number of aryl methyl sites for hydroxylation is 2. The Balaban J connectivity index is 1.51. The number of likely N-dealkylation sites (tertiary alicyclic amines) is 1. The zero-order valence-electron chi connectivity index (χ0n) is 19.9. The van der Waals surface area contributed by atoms with E-state index in [0.29, 0.717) is 24.7 Å². The van der Waals surface area contributed by atoms with Crippen LogP contribution in [-0.2, 0) is 21.2 Å². The second-order valence-corrected chi connectivity index (χ2v) is 11.0. The molecule has 0 atom stereocenters. The molecule has 1 fully saturated rings. The SMILES string of the molecule is Cc1ccc(N(CC(=O)N2CCC(Cc3ccccc3)CC2)S(=O)(=O)c2ccccc2)c(C)c1. The van der Waals surface area contributed by atoms with Crippen LogP contribution in [0.4, 0.5) is 5.69 Å². The van der Waals surface area contributed by atoms with Gasteiger partial charge in [0.15, 0.2) is 0 Å². The first kappa shape index (κ1) is 24.0. The number of rotatable bonds is 7. The van der Waals surface area contributed by atoms with E-state index < -0.39 is 10.0 Å². The number of hydrogen-bond donors (Lipinski definition) is 0. The van der Waals surface area contributed by atoms with Crippen molar-refractivity contribution in [3.8, 4) is 0 Å². The van der Waals surface area contributed by atoms with Gasteiger partial charge in [-0.15, -0.1) is 0 Å². The van der Waals surface area contributed by atoms with Gasteiger partial charge in [0.1, 0.15) is 6.54 Å². The van der Waals surface area contributed by atoms with Crippen LogP contribution in [0.3, 0.4) is 0 Å². The molecule has 0 aromatic heterocycles. The third-order valence-corrected chi connectivity index (χ3v) is 8.34. The quantitative estimate of drug-likeness (QED) is 0.483. The largest absolute Gasteiger partial charge is 0.341 e. The van der Waals surface area contributed by atoms with Crippen molar-refractivity contribution >= 4 is 21.6 Å². The van der Waals surface area contributed by atoms with E-state index in [-0.39, 0.29) is 17.3 Å². The van der Waals surface area contributed by atoms with Crippen molar-refractivity contribution in [2.45, 2.75) is 38.0 Å². The molecule has 0 saturated carbocycles. The van der Waals surface area contributed by atoms with Crippen LogP contribution < -0.4 is 4.31 Å². The number of benzene rings is 3. The minimum Gasteiger partial charge on any atom is -0.341 e. The first-order valence-electron chi connectivity index (χ1n) is 11.8. The molecule has 0 unspecified atom stereocenters. The minimum absolute atomic E-state index is 0.155. The summed E-state index contributed by atoms with van der Waals surface area (Å²) in [5.41, 5.74) is 3.74. The summed E-state index contributed by atoms with van der Waals surface area (Å²) in [6.07, 6.45) is 2.87. The normalized spacial score (nSPS) is 14.7. The van der Waals surface area contributed by atoms with Crippen molar-refractivity contribution in [2.24, 2.45) is 5.92 Å². The molecule has 3 aromatic rings. The molecule has 0 N–H and O–H groups in total. The van der Waals surface area contributed by atoms with Crippen molar-refractivity contribution in [3.63, 3.8) is 0 Å². The molecular formula is C28H32N2O3S. The lowest BCUT2D eigenvalue weighted by atomic mass is 9.90. The Morgan fingerprint density at radius 2 is 1.53 bits per heavy atom. The van der Waals surface area contributed by atoms with Gasteiger partial charge in [-0.05, 0) is 68.4 Å². The third kappa shape index (κ3) is 5.50. The van der Waals surface area contributed by atoms with Crippen LogP contribution in [0, 0.1) is 19.8 Å². The molecule has 0 spiro atoms. The summed E-state index contributed by atoms with van der Waals surface area (Å²) in [4.78, 5) is 15.3. The first-order valence-corrected chi connectivity index (χ1v) is 13.3. The van der Waals surface area contributed by atoms with E-state index >= 15 is 0 Å². The summed E-state index contributed by atoms with van der Waals surface area (Å²) >= 11 is 0. The molecule has 1 heterocycles. The van der Waals surface area contributed by atoms with E-state index in [1.165, 1.54) is 9.87 Å². The number of carbonyl (C=O) groups is 1. The Kier molecular flexibility index (Phi) is 7.37. The molecule has 178 valence electrons. The fraction of sp³-hybridized carbons (Fsp3) is 0.321. The average Bonchev–Trinajstić information content (AvgIpc) is 2.84. The smallest absolute Gasteiger partial charge is 0.264 e. The molecule has 0 bridgehead atoms. The van der Waals surface area contributed by atoms with Gasteiger partial charge in [-0.3, -0.25) is 9.10 Å². The highest BCUT2D eigenvalue weighted by Crippen LogP contribution is 2.28.